The monoisotopic (exact) mass is 291 g/mol. The van der Waals surface area contributed by atoms with Crippen LogP contribution in [-0.4, -0.2) is 22.9 Å². The van der Waals surface area contributed by atoms with E-state index in [2.05, 4.69) is 22.2 Å². The molecule has 2 aromatic rings. The van der Waals surface area contributed by atoms with Crippen LogP contribution in [0.15, 0.2) is 30.6 Å². The van der Waals surface area contributed by atoms with Crippen LogP contribution in [0.2, 0.25) is 5.15 Å². The molecular weight excluding hydrogens is 278 g/mol. The van der Waals surface area contributed by atoms with Gasteiger partial charge in [-0.1, -0.05) is 18.5 Å². The SMILES string of the molecule is CCCOc1ccc(Nc2ncnc(Cl)c2C=O)cc1. The summed E-state index contributed by atoms with van der Waals surface area (Å²) < 4.78 is 5.49. The molecule has 0 unspecified atom stereocenters. The maximum absolute atomic E-state index is 11.0. The molecule has 20 heavy (non-hydrogen) atoms. The Balaban J connectivity index is 2.14. The Kier molecular flexibility index (Phi) is 4.90. The van der Waals surface area contributed by atoms with E-state index in [0.717, 1.165) is 17.9 Å². The Morgan fingerprint density at radius 2 is 2.05 bits per heavy atom. The van der Waals surface area contributed by atoms with Crippen molar-refractivity contribution in [2.24, 2.45) is 0 Å². The van der Waals surface area contributed by atoms with Gasteiger partial charge in [0, 0.05) is 5.69 Å². The maximum atomic E-state index is 11.0. The number of aromatic nitrogens is 2. The minimum absolute atomic E-state index is 0.125. The molecule has 6 heteroatoms. The number of carbonyl (C=O) groups is 1. The topological polar surface area (TPSA) is 64.1 Å². The van der Waals surface area contributed by atoms with Crippen LogP contribution in [0.1, 0.15) is 23.7 Å². The lowest BCUT2D eigenvalue weighted by molar-refractivity contribution is 0.112. The molecule has 0 bridgehead atoms. The molecule has 2 rings (SSSR count). The normalized spacial score (nSPS) is 10.1. The number of nitrogens with one attached hydrogen (secondary N) is 1. The first kappa shape index (κ1) is 14.3. The maximum Gasteiger partial charge on any atom is 0.156 e. The highest BCUT2D eigenvalue weighted by Gasteiger charge is 2.09. The van der Waals surface area contributed by atoms with Crippen LogP contribution in [0, 0.1) is 0 Å². The third-order valence-electron chi connectivity index (χ3n) is 2.54. The zero-order valence-electron chi connectivity index (χ0n) is 11.0. The fourth-order valence-electron chi connectivity index (χ4n) is 1.57. The molecule has 0 spiro atoms. The van der Waals surface area contributed by atoms with E-state index in [1.54, 1.807) is 0 Å². The van der Waals surface area contributed by atoms with Crippen molar-refractivity contribution < 1.29 is 9.53 Å². The summed E-state index contributed by atoms with van der Waals surface area (Å²) in [6.45, 7) is 2.74. The number of rotatable bonds is 6. The van der Waals surface area contributed by atoms with Gasteiger partial charge in [-0.15, -0.1) is 0 Å². The van der Waals surface area contributed by atoms with Gasteiger partial charge in [0.1, 0.15) is 23.0 Å². The smallest absolute Gasteiger partial charge is 0.156 e. The lowest BCUT2D eigenvalue weighted by Gasteiger charge is -2.09. The molecule has 0 fully saturated rings. The molecule has 104 valence electrons. The second kappa shape index (κ2) is 6.86. The second-order valence-corrected chi connectivity index (χ2v) is 4.40. The lowest BCUT2D eigenvalue weighted by Crippen LogP contribution is -2.01. The highest BCUT2D eigenvalue weighted by atomic mass is 35.5. The predicted molar refractivity (Wildman–Crippen MR) is 77.9 cm³/mol. The zero-order valence-corrected chi connectivity index (χ0v) is 11.7. The average molecular weight is 292 g/mol. The van der Waals surface area contributed by atoms with Crippen molar-refractivity contribution in [3.05, 3.63) is 41.3 Å². The highest BCUT2D eigenvalue weighted by Crippen LogP contribution is 2.23. The molecule has 1 aromatic carbocycles. The fourth-order valence-corrected chi connectivity index (χ4v) is 1.75. The summed E-state index contributed by atoms with van der Waals surface area (Å²) in [5.74, 6) is 1.18. The van der Waals surface area contributed by atoms with Crippen molar-refractivity contribution in [2.45, 2.75) is 13.3 Å². The van der Waals surface area contributed by atoms with Gasteiger partial charge in [0.2, 0.25) is 0 Å². The zero-order chi connectivity index (χ0) is 14.4. The number of halogens is 1. The summed E-state index contributed by atoms with van der Waals surface area (Å²) in [4.78, 5) is 18.8. The van der Waals surface area contributed by atoms with E-state index in [1.165, 1.54) is 6.33 Å². The minimum atomic E-state index is 0.125. The Hall–Kier alpha value is -2.14. The number of anilines is 2. The van der Waals surface area contributed by atoms with Gasteiger partial charge >= 0.3 is 0 Å². The van der Waals surface area contributed by atoms with Crippen LogP contribution in [0.5, 0.6) is 5.75 Å². The van der Waals surface area contributed by atoms with Gasteiger partial charge in [-0.05, 0) is 30.7 Å². The predicted octanol–water partition coefficient (Wildman–Crippen LogP) is 3.47. The molecule has 0 atom stereocenters. The van der Waals surface area contributed by atoms with E-state index < -0.39 is 0 Å². The van der Waals surface area contributed by atoms with Crippen LogP contribution in [-0.2, 0) is 0 Å². The van der Waals surface area contributed by atoms with Gasteiger partial charge in [0.05, 0.1) is 12.2 Å². The molecule has 0 saturated carbocycles. The molecule has 0 aliphatic rings. The number of ether oxygens (including phenoxy) is 1. The molecule has 1 N–H and O–H groups in total. The summed E-state index contributed by atoms with van der Waals surface area (Å²) in [6, 6.07) is 7.38. The lowest BCUT2D eigenvalue weighted by atomic mass is 10.2. The number of hydrogen-bond acceptors (Lipinski definition) is 5. The molecular formula is C14H14ClN3O2. The van der Waals surface area contributed by atoms with Crippen LogP contribution in [0.4, 0.5) is 11.5 Å². The standard InChI is InChI=1S/C14H14ClN3O2/c1-2-7-20-11-5-3-10(4-6-11)18-14-12(8-19)13(15)16-9-17-14/h3-6,8-9H,2,7H2,1H3,(H,16,17,18). The fraction of sp³-hybridized carbons (Fsp3) is 0.214. The van der Waals surface area contributed by atoms with Crippen LogP contribution >= 0.6 is 11.6 Å². The molecule has 5 nitrogen and oxygen atoms in total. The second-order valence-electron chi connectivity index (χ2n) is 4.04. The largest absolute Gasteiger partial charge is 0.494 e. The van der Waals surface area contributed by atoms with E-state index in [0.29, 0.717) is 18.7 Å². The number of nitrogens with zero attached hydrogens (tertiary/aromatic N) is 2. The van der Waals surface area contributed by atoms with Gasteiger partial charge in [-0.2, -0.15) is 0 Å². The van der Waals surface area contributed by atoms with Crippen molar-refractivity contribution in [1.82, 2.24) is 9.97 Å². The Morgan fingerprint density at radius 3 is 2.70 bits per heavy atom. The summed E-state index contributed by atoms with van der Waals surface area (Å²) in [7, 11) is 0. The molecule has 1 heterocycles. The first-order valence-electron chi connectivity index (χ1n) is 6.20. The Bertz CT molecular complexity index is 587. The molecule has 0 aliphatic carbocycles. The van der Waals surface area contributed by atoms with Crippen LogP contribution in [0.3, 0.4) is 0 Å². The van der Waals surface area contributed by atoms with E-state index in [1.807, 2.05) is 24.3 Å². The molecule has 0 saturated heterocycles. The highest BCUT2D eigenvalue weighted by molar-refractivity contribution is 6.32. The van der Waals surface area contributed by atoms with E-state index in [-0.39, 0.29) is 10.7 Å². The Labute approximate surface area is 122 Å². The van der Waals surface area contributed by atoms with Gasteiger partial charge in [0.15, 0.2) is 6.29 Å². The third kappa shape index (κ3) is 3.45. The van der Waals surface area contributed by atoms with E-state index in [9.17, 15) is 4.79 Å². The van der Waals surface area contributed by atoms with E-state index >= 15 is 0 Å². The summed E-state index contributed by atoms with van der Waals surface area (Å²) in [5.41, 5.74) is 1.02. The Morgan fingerprint density at radius 1 is 1.30 bits per heavy atom. The van der Waals surface area contributed by atoms with Gasteiger partial charge < -0.3 is 10.1 Å². The van der Waals surface area contributed by atoms with Crippen molar-refractivity contribution in [2.75, 3.05) is 11.9 Å². The minimum Gasteiger partial charge on any atom is -0.494 e. The quantitative estimate of drug-likeness (QED) is 0.652. The summed E-state index contributed by atoms with van der Waals surface area (Å²) in [6.07, 6.45) is 2.89. The number of hydrogen-bond donors (Lipinski definition) is 1. The van der Waals surface area contributed by atoms with Crippen molar-refractivity contribution in [3.63, 3.8) is 0 Å². The third-order valence-corrected chi connectivity index (χ3v) is 2.84. The first-order chi connectivity index (χ1) is 9.74. The first-order valence-corrected chi connectivity index (χ1v) is 6.58. The van der Waals surface area contributed by atoms with E-state index in [4.69, 9.17) is 16.3 Å². The van der Waals surface area contributed by atoms with Crippen LogP contribution < -0.4 is 10.1 Å². The van der Waals surface area contributed by atoms with Crippen molar-refractivity contribution in [1.29, 1.82) is 0 Å². The van der Waals surface area contributed by atoms with Gasteiger partial charge in [-0.25, -0.2) is 9.97 Å². The van der Waals surface area contributed by atoms with Crippen LogP contribution in [0.25, 0.3) is 0 Å². The van der Waals surface area contributed by atoms with Gasteiger partial charge in [-0.3, -0.25) is 4.79 Å². The van der Waals surface area contributed by atoms with Gasteiger partial charge in [0.25, 0.3) is 0 Å². The summed E-state index contributed by atoms with van der Waals surface area (Å²) in [5, 5.41) is 3.15. The van der Waals surface area contributed by atoms with Crippen molar-refractivity contribution in [3.8, 4) is 5.75 Å². The number of benzene rings is 1. The molecule has 0 radical (unpaired) electrons. The molecule has 1 aromatic heterocycles. The number of aldehydes is 1. The van der Waals surface area contributed by atoms with Crippen molar-refractivity contribution >= 4 is 29.4 Å². The molecule has 0 aliphatic heterocycles. The number of carbonyl (C=O) groups excluding carboxylic acids is 1. The molecule has 0 amide bonds. The average Bonchev–Trinajstić information content (AvgIpc) is 2.47. The summed E-state index contributed by atoms with van der Waals surface area (Å²) >= 11 is 5.84.